The Labute approximate surface area is 124 Å². The van der Waals surface area contributed by atoms with Gasteiger partial charge in [0, 0.05) is 19.0 Å². The highest BCUT2D eigenvalue weighted by Gasteiger charge is 2.34. The Morgan fingerprint density at radius 1 is 1.15 bits per heavy atom. The molecular formula is C17H31NO2. The van der Waals surface area contributed by atoms with Crippen LogP contribution in [0, 0.1) is 17.8 Å². The first kappa shape index (κ1) is 15.8. The van der Waals surface area contributed by atoms with Crippen molar-refractivity contribution in [3.63, 3.8) is 0 Å². The number of hydrogen-bond acceptors (Lipinski definition) is 2. The third-order valence-corrected chi connectivity index (χ3v) is 4.86. The molecule has 0 aromatic rings. The van der Waals surface area contributed by atoms with Crippen LogP contribution in [0.3, 0.4) is 0 Å². The van der Waals surface area contributed by atoms with E-state index < -0.39 is 0 Å². The summed E-state index contributed by atoms with van der Waals surface area (Å²) in [6.45, 7) is 11.2. The minimum Gasteiger partial charge on any atom is -0.376 e. The van der Waals surface area contributed by atoms with Crippen LogP contribution >= 0.6 is 0 Å². The third kappa shape index (κ3) is 4.21. The normalized spacial score (nSPS) is 28.9. The van der Waals surface area contributed by atoms with Gasteiger partial charge < -0.3 is 9.64 Å². The van der Waals surface area contributed by atoms with Gasteiger partial charge in [-0.2, -0.15) is 0 Å². The molecule has 0 bridgehead atoms. The topological polar surface area (TPSA) is 29.5 Å². The predicted molar refractivity (Wildman–Crippen MR) is 81.5 cm³/mol. The molecule has 1 aliphatic carbocycles. The van der Waals surface area contributed by atoms with E-state index in [4.69, 9.17) is 4.74 Å². The second kappa shape index (κ2) is 6.46. The molecule has 2 rings (SSSR count). The molecule has 1 saturated carbocycles. The minimum absolute atomic E-state index is 0.0494. The van der Waals surface area contributed by atoms with Gasteiger partial charge in [0.05, 0.1) is 12.2 Å². The standard InChI is InChI=1S/C17H31NO2/c1-13-6-5-7-15(13)16(19)18-10-8-14(9-11-18)12-20-17(2,3)4/h13-15H,5-12H2,1-4H3/t13?,15-/m0/s1. The summed E-state index contributed by atoms with van der Waals surface area (Å²) in [5.41, 5.74) is -0.0494. The molecule has 1 aliphatic heterocycles. The van der Waals surface area contributed by atoms with Crippen LogP contribution in [-0.4, -0.2) is 36.1 Å². The average Bonchev–Trinajstić information content (AvgIpc) is 2.81. The number of amides is 1. The van der Waals surface area contributed by atoms with Gasteiger partial charge in [-0.1, -0.05) is 13.3 Å². The van der Waals surface area contributed by atoms with E-state index in [2.05, 4.69) is 32.6 Å². The van der Waals surface area contributed by atoms with Gasteiger partial charge in [-0.05, 0) is 58.3 Å². The van der Waals surface area contributed by atoms with Crippen molar-refractivity contribution in [1.29, 1.82) is 0 Å². The van der Waals surface area contributed by atoms with Gasteiger partial charge in [-0.25, -0.2) is 0 Å². The van der Waals surface area contributed by atoms with Crippen molar-refractivity contribution >= 4 is 5.91 Å². The number of nitrogens with zero attached hydrogens (tertiary/aromatic N) is 1. The van der Waals surface area contributed by atoms with E-state index in [1.807, 2.05) is 0 Å². The number of hydrogen-bond donors (Lipinski definition) is 0. The Balaban J connectivity index is 1.75. The molecule has 0 aromatic carbocycles. The lowest BCUT2D eigenvalue weighted by atomic mass is 9.93. The number of likely N-dealkylation sites (tertiary alicyclic amines) is 1. The zero-order valence-corrected chi connectivity index (χ0v) is 13.7. The molecule has 1 unspecified atom stereocenters. The van der Waals surface area contributed by atoms with Crippen LogP contribution in [0.1, 0.15) is 59.8 Å². The fourth-order valence-corrected chi connectivity index (χ4v) is 3.43. The van der Waals surface area contributed by atoms with Crippen LogP contribution < -0.4 is 0 Å². The van der Waals surface area contributed by atoms with Crippen LogP contribution in [0.25, 0.3) is 0 Å². The minimum atomic E-state index is -0.0494. The Hall–Kier alpha value is -0.570. The quantitative estimate of drug-likeness (QED) is 0.792. The second-order valence-electron chi connectivity index (χ2n) is 7.71. The largest absolute Gasteiger partial charge is 0.376 e. The summed E-state index contributed by atoms with van der Waals surface area (Å²) in [6.07, 6.45) is 5.76. The summed E-state index contributed by atoms with van der Waals surface area (Å²) >= 11 is 0. The summed E-state index contributed by atoms with van der Waals surface area (Å²) in [6, 6.07) is 0. The molecule has 3 nitrogen and oxygen atoms in total. The number of carbonyl (C=O) groups is 1. The van der Waals surface area contributed by atoms with Crippen molar-refractivity contribution in [2.45, 2.75) is 65.4 Å². The Morgan fingerprint density at radius 3 is 2.30 bits per heavy atom. The molecule has 2 atom stereocenters. The van der Waals surface area contributed by atoms with E-state index in [0.29, 0.717) is 23.7 Å². The van der Waals surface area contributed by atoms with E-state index >= 15 is 0 Å². The lowest BCUT2D eigenvalue weighted by Crippen LogP contribution is -2.43. The van der Waals surface area contributed by atoms with Crippen LogP contribution in [-0.2, 0) is 9.53 Å². The Morgan fingerprint density at radius 2 is 1.80 bits per heavy atom. The molecular weight excluding hydrogens is 250 g/mol. The zero-order valence-electron chi connectivity index (χ0n) is 13.7. The van der Waals surface area contributed by atoms with E-state index in [1.54, 1.807) is 0 Å². The van der Waals surface area contributed by atoms with E-state index in [-0.39, 0.29) is 5.60 Å². The van der Waals surface area contributed by atoms with Crippen LogP contribution in [0.15, 0.2) is 0 Å². The molecule has 3 heteroatoms. The highest BCUT2D eigenvalue weighted by Crippen LogP contribution is 2.33. The number of rotatable bonds is 3. The first-order chi connectivity index (χ1) is 9.37. The van der Waals surface area contributed by atoms with E-state index in [1.165, 1.54) is 12.8 Å². The fourth-order valence-electron chi connectivity index (χ4n) is 3.43. The van der Waals surface area contributed by atoms with E-state index in [9.17, 15) is 4.79 Å². The number of carbonyl (C=O) groups excluding carboxylic acids is 1. The monoisotopic (exact) mass is 281 g/mol. The summed E-state index contributed by atoms with van der Waals surface area (Å²) in [5.74, 6) is 1.94. The van der Waals surface area contributed by atoms with Crippen molar-refractivity contribution in [1.82, 2.24) is 4.90 Å². The maximum absolute atomic E-state index is 12.5. The van der Waals surface area contributed by atoms with Crippen LogP contribution in [0.5, 0.6) is 0 Å². The molecule has 2 fully saturated rings. The zero-order chi connectivity index (χ0) is 14.8. The molecule has 1 heterocycles. The smallest absolute Gasteiger partial charge is 0.225 e. The molecule has 1 saturated heterocycles. The average molecular weight is 281 g/mol. The van der Waals surface area contributed by atoms with Gasteiger partial charge in [-0.15, -0.1) is 0 Å². The number of piperidine rings is 1. The van der Waals surface area contributed by atoms with Crippen molar-refractivity contribution in [3.8, 4) is 0 Å². The predicted octanol–water partition coefficient (Wildman–Crippen LogP) is 3.48. The molecule has 1 amide bonds. The maximum atomic E-state index is 12.5. The first-order valence-electron chi connectivity index (χ1n) is 8.29. The van der Waals surface area contributed by atoms with Gasteiger partial charge in [0.25, 0.3) is 0 Å². The molecule has 2 aliphatic rings. The van der Waals surface area contributed by atoms with Crippen molar-refractivity contribution in [2.24, 2.45) is 17.8 Å². The van der Waals surface area contributed by atoms with Gasteiger partial charge in [0.2, 0.25) is 5.91 Å². The maximum Gasteiger partial charge on any atom is 0.225 e. The lowest BCUT2D eigenvalue weighted by molar-refractivity contribution is -0.138. The van der Waals surface area contributed by atoms with Crippen molar-refractivity contribution < 1.29 is 9.53 Å². The SMILES string of the molecule is CC1CCC[C@@H]1C(=O)N1CCC(COC(C)(C)C)CC1. The van der Waals surface area contributed by atoms with Gasteiger partial charge in [0.1, 0.15) is 0 Å². The fraction of sp³-hybridized carbons (Fsp3) is 0.941. The van der Waals surface area contributed by atoms with E-state index in [0.717, 1.165) is 39.0 Å². The summed E-state index contributed by atoms with van der Waals surface area (Å²) < 4.78 is 5.88. The third-order valence-electron chi connectivity index (χ3n) is 4.86. The molecule has 116 valence electrons. The second-order valence-corrected chi connectivity index (χ2v) is 7.71. The van der Waals surface area contributed by atoms with Gasteiger partial charge in [0.15, 0.2) is 0 Å². The Bertz CT molecular complexity index is 326. The molecule has 0 radical (unpaired) electrons. The summed E-state index contributed by atoms with van der Waals surface area (Å²) in [7, 11) is 0. The molecule has 20 heavy (non-hydrogen) atoms. The number of ether oxygens (including phenoxy) is 1. The van der Waals surface area contributed by atoms with Gasteiger partial charge >= 0.3 is 0 Å². The van der Waals surface area contributed by atoms with Crippen molar-refractivity contribution in [2.75, 3.05) is 19.7 Å². The molecule has 0 spiro atoms. The first-order valence-corrected chi connectivity index (χ1v) is 8.29. The highest BCUT2D eigenvalue weighted by molar-refractivity contribution is 5.79. The van der Waals surface area contributed by atoms with Crippen molar-refractivity contribution in [3.05, 3.63) is 0 Å². The van der Waals surface area contributed by atoms with Gasteiger partial charge in [-0.3, -0.25) is 4.79 Å². The van der Waals surface area contributed by atoms with Crippen LogP contribution in [0.4, 0.5) is 0 Å². The molecule has 0 aromatic heterocycles. The summed E-state index contributed by atoms with van der Waals surface area (Å²) in [4.78, 5) is 14.6. The lowest BCUT2D eigenvalue weighted by Gasteiger charge is -2.35. The highest BCUT2D eigenvalue weighted by atomic mass is 16.5. The Kier molecular flexibility index (Phi) is 5.11. The summed E-state index contributed by atoms with van der Waals surface area (Å²) in [5, 5.41) is 0. The van der Waals surface area contributed by atoms with Crippen LogP contribution in [0.2, 0.25) is 0 Å². The molecule has 0 N–H and O–H groups in total.